The lowest BCUT2D eigenvalue weighted by Crippen LogP contribution is -2.50. The number of aliphatic hydroxyl groups is 1. The number of hydrogen-bond donors (Lipinski definition) is 2. The molecular formula is C20H28N2O3. The van der Waals surface area contributed by atoms with Crippen LogP contribution in [0.4, 0.5) is 4.79 Å². The third-order valence-corrected chi connectivity index (χ3v) is 5.89. The molecular weight excluding hydrogens is 316 g/mol. The van der Waals surface area contributed by atoms with Gasteiger partial charge < -0.3 is 20.1 Å². The first-order valence-corrected chi connectivity index (χ1v) is 9.61. The summed E-state index contributed by atoms with van der Waals surface area (Å²) in [5.74, 6) is 0.804. The minimum atomic E-state index is -0.359. The summed E-state index contributed by atoms with van der Waals surface area (Å²) in [6, 6.07) is 8.68. The number of nitrogens with one attached hydrogen (secondary N) is 1. The largest absolute Gasteiger partial charge is 0.393 e. The van der Waals surface area contributed by atoms with E-state index in [4.69, 9.17) is 4.74 Å². The van der Waals surface area contributed by atoms with E-state index < -0.39 is 0 Å². The van der Waals surface area contributed by atoms with Crippen molar-refractivity contribution in [3.8, 4) is 0 Å². The van der Waals surface area contributed by atoms with Crippen molar-refractivity contribution in [3.05, 3.63) is 35.4 Å². The third kappa shape index (κ3) is 3.82. The van der Waals surface area contributed by atoms with E-state index in [0.29, 0.717) is 26.2 Å². The van der Waals surface area contributed by atoms with E-state index in [1.54, 1.807) is 0 Å². The van der Waals surface area contributed by atoms with E-state index in [1.807, 2.05) is 4.90 Å². The number of likely N-dealkylation sites (tertiary alicyclic amines) is 1. The molecule has 136 valence electrons. The van der Waals surface area contributed by atoms with Gasteiger partial charge in [0.1, 0.15) is 0 Å². The second-order valence-electron chi connectivity index (χ2n) is 7.67. The molecule has 25 heavy (non-hydrogen) atoms. The number of aliphatic hydroxyl groups excluding tert-OH is 1. The Hall–Kier alpha value is -1.59. The molecule has 0 radical (unpaired) electrons. The predicted octanol–water partition coefficient (Wildman–Crippen LogP) is 2.64. The van der Waals surface area contributed by atoms with E-state index in [1.165, 1.54) is 18.4 Å². The molecule has 2 saturated heterocycles. The fourth-order valence-electron chi connectivity index (χ4n) is 4.21. The average Bonchev–Trinajstić information content (AvgIpc) is 3.37. The lowest BCUT2D eigenvalue weighted by Gasteiger charge is -2.36. The van der Waals surface area contributed by atoms with Gasteiger partial charge in [0.2, 0.25) is 0 Å². The Balaban J connectivity index is 1.33. The Bertz CT molecular complexity index is 599. The smallest absolute Gasteiger partial charge is 0.317 e. The fraction of sp³-hybridized carbons (Fsp3) is 0.650. The topological polar surface area (TPSA) is 61.8 Å². The van der Waals surface area contributed by atoms with Gasteiger partial charge in [0.05, 0.1) is 12.7 Å². The van der Waals surface area contributed by atoms with Gasteiger partial charge in [0.15, 0.2) is 0 Å². The van der Waals surface area contributed by atoms with E-state index >= 15 is 0 Å². The first-order chi connectivity index (χ1) is 12.2. The van der Waals surface area contributed by atoms with Crippen LogP contribution in [0.3, 0.4) is 0 Å². The summed E-state index contributed by atoms with van der Waals surface area (Å²) in [6.45, 7) is 2.49. The Morgan fingerprint density at radius 2 is 2.00 bits per heavy atom. The zero-order chi connectivity index (χ0) is 17.2. The maximum atomic E-state index is 12.7. The number of amides is 2. The quantitative estimate of drug-likeness (QED) is 0.883. The SMILES string of the molecule is O=C(NCc1ccc(C2CC2)cc1)N1CCC[C@@H]1[C@H]1COCC[C@H]1O. The van der Waals surface area contributed by atoms with Gasteiger partial charge in [0.25, 0.3) is 0 Å². The van der Waals surface area contributed by atoms with Gasteiger partial charge in [-0.1, -0.05) is 24.3 Å². The maximum Gasteiger partial charge on any atom is 0.317 e. The number of hydrogen-bond acceptors (Lipinski definition) is 3. The van der Waals surface area contributed by atoms with Crippen LogP contribution in [0.1, 0.15) is 49.1 Å². The first-order valence-electron chi connectivity index (χ1n) is 9.61. The normalized spacial score (nSPS) is 29.6. The van der Waals surface area contributed by atoms with Gasteiger partial charge >= 0.3 is 6.03 Å². The molecule has 3 fully saturated rings. The summed E-state index contributed by atoms with van der Waals surface area (Å²) in [4.78, 5) is 14.6. The van der Waals surface area contributed by atoms with E-state index in [-0.39, 0.29) is 24.1 Å². The van der Waals surface area contributed by atoms with Crippen molar-refractivity contribution in [1.29, 1.82) is 0 Å². The highest BCUT2D eigenvalue weighted by Crippen LogP contribution is 2.39. The summed E-state index contributed by atoms with van der Waals surface area (Å²) >= 11 is 0. The van der Waals surface area contributed by atoms with Crippen LogP contribution in [-0.4, -0.2) is 47.9 Å². The predicted molar refractivity (Wildman–Crippen MR) is 95.3 cm³/mol. The van der Waals surface area contributed by atoms with E-state index in [0.717, 1.165) is 30.9 Å². The maximum absolute atomic E-state index is 12.7. The zero-order valence-corrected chi connectivity index (χ0v) is 14.7. The molecule has 3 atom stereocenters. The minimum absolute atomic E-state index is 0.0217. The summed E-state index contributed by atoms with van der Waals surface area (Å²) in [5, 5.41) is 13.3. The van der Waals surface area contributed by atoms with E-state index in [2.05, 4.69) is 29.6 Å². The molecule has 4 rings (SSSR count). The monoisotopic (exact) mass is 344 g/mol. The molecule has 0 spiro atoms. The minimum Gasteiger partial charge on any atom is -0.393 e. The van der Waals surface area contributed by atoms with Crippen molar-refractivity contribution >= 4 is 6.03 Å². The summed E-state index contributed by atoms with van der Waals surface area (Å²) in [5.41, 5.74) is 2.55. The summed E-state index contributed by atoms with van der Waals surface area (Å²) in [6.07, 6.45) is 4.88. The zero-order valence-electron chi connectivity index (χ0n) is 14.7. The summed E-state index contributed by atoms with van der Waals surface area (Å²) in [7, 11) is 0. The second-order valence-corrected chi connectivity index (χ2v) is 7.67. The molecule has 1 aliphatic carbocycles. The molecule has 1 saturated carbocycles. The molecule has 3 aliphatic rings. The second kappa shape index (κ2) is 7.34. The van der Waals surface area contributed by atoms with Crippen LogP contribution in [0.5, 0.6) is 0 Å². The van der Waals surface area contributed by atoms with Crippen molar-refractivity contribution in [2.75, 3.05) is 19.8 Å². The third-order valence-electron chi connectivity index (χ3n) is 5.89. The number of nitrogens with zero attached hydrogens (tertiary/aromatic N) is 1. The highest BCUT2D eigenvalue weighted by molar-refractivity contribution is 5.75. The van der Waals surface area contributed by atoms with Crippen molar-refractivity contribution in [3.63, 3.8) is 0 Å². The standard InChI is InChI=1S/C20H28N2O3/c23-19-9-11-25-13-17(19)18-2-1-10-22(18)20(24)21-12-14-3-5-15(6-4-14)16-7-8-16/h3-6,16-19,23H,1-2,7-13H2,(H,21,24)/t17-,18-,19-/m1/s1. The molecule has 2 heterocycles. The molecule has 5 nitrogen and oxygen atoms in total. The molecule has 1 aromatic rings. The van der Waals surface area contributed by atoms with Crippen LogP contribution in [0, 0.1) is 5.92 Å². The number of carbonyl (C=O) groups excluding carboxylic acids is 1. The van der Waals surface area contributed by atoms with Gasteiger partial charge in [-0.25, -0.2) is 4.79 Å². The van der Waals surface area contributed by atoms with Gasteiger partial charge in [-0.15, -0.1) is 0 Å². The lowest BCUT2D eigenvalue weighted by atomic mass is 9.89. The molecule has 2 N–H and O–H groups in total. The molecule has 1 aromatic carbocycles. The molecule has 2 amide bonds. The number of ether oxygens (including phenoxy) is 1. The Morgan fingerprint density at radius 3 is 2.72 bits per heavy atom. The summed E-state index contributed by atoms with van der Waals surface area (Å²) < 4.78 is 5.54. The highest BCUT2D eigenvalue weighted by Gasteiger charge is 2.39. The van der Waals surface area contributed by atoms with Crippen molar-refractivity contribution < 1.29 is 14.6 Å². The molecule has 5 heteroatoms. The van der Waals surface area contributed by atoms with Crippen molar-refractivity contribution in [1.82, 2.24) is 10.2 Å². The molecule has 2 aliphatic heterocycles. The van der Waals surface area contributed by atoms with Crippen LogP contribution >= 0.6 is 0 Å². The fourth-order valence-corrected chi connectivity index (χ4v) is 4.21. The Labute approximate surface area is 149 Å². The molecule has 0 aromatic heterocycles. The van der Waals surface area contributed by atoms with Crippen LogP contribution in [0.15, 0.2) is 24.3 Å². The van der Waals surface area contributed by atoms with Gasteiger partial charge in [-0.3, -0.25) is 0 Å². The van der Waals surface area contributed by atoms with Crippen molar-refractivity contribution in [2.45, 2.75) is 56.7 Å². The first kappa shape index (κ1) is 16.9. The molecule has 0 bridgehead atoms. The lowest BCUT2D eigenvalue weighted by molar-refractivity contribution is -0.0576. The Kier molecular flexibility index (Phi) is 4.95. The van der Waals surface area contributed by atoms with E-state index in [9.17, 15) is 9.90 Å². The van der Waals surface area contributed by atoms with Crippen LogP contribution in [0.25, 0.3) is 0 Å². The average molecular weight is 344 g/mol. The van der Waals surface area contributed by atoms with Crippen LogP contribution in [0.2, 0.25) is 0 Å². The van der Waals surface area contributed by atoms with Crippen molar-refractivity contribution in [2.24, 2.45) is 5.92 Å². The van der Waals surface area contributed by atoms with Crippen LogP contribution in [-0.2, 0) is 11.3 Å². The number of carbonyl (C=O) groups is 1. The molecule has 0 unspecified atom stereocenters. The Morgan fingerprint density at radius 1 is 1.20 bits per heavy atom. The van der Waals surface area contributed by atoms with Gasteiger partial charge in [-0.2, -0.15) is 0 Å². The number of rotatable bonds is 4. The number of urea groups is 1. The number of benzene rings is 1. The highest BCUT2D eigenvalue weighted by atomic mass is 16.5. The van der Waals surface area contributed by atoms with Crippen LogP contribution < -0.4 is 5.32 Å². The van der Waals surface area contributed by atoms with Gasteiger partial charge in [-0.05, 0) is 49.1 Å². The van der Waals surface area contributed by atoms with Gasteiger partial charge in [0, 0.05) is 31.7 Å².